The summed E-state index contributed by atoms with van der Waals surface area (Å²) >= 11 is 0. The number of rotatable bonds is 3. The molecule has 3 aromatic rings. The summed E-state index contributed by atoms with van der Waals surface area (Å²) in [5.74, 6) is 0.581. The summed E-state index contributed by atoms with van der Waals surface area (Å²) in [6.45, 7) is 0. The lowest BCUT2D eigenvalue weighted by molar-refractivity contribution is 0.598. The molecule has 0 aliphatic rings. The number of fused-ring (bicyclic) bond motifs is 1. The van der Waals surface area contributed by atoms with Gasteiger partial charge in [0.2, 0.25) is 10.0 Å². The zero-order valence-corrected chi connectivity index (χ0v) is 11.7. The number of anilines is 2. The van der Waals surface area contributed by atoms with Crippen LogP contribution in [0.1, 0.15) is 0 Å². The van der Waals surface area contributed by atoms with Crippen LogP contribution in [0.2, 0.25) is 0 Å². The summed E-state index contributed by atoms with van der Waals surface area (Å²) in [5.41, 5.74) is 2.29. The Bertz CT molecular complexity index is 892. The van der Waals surface area contributed by atoms with Crippen molar-refractivity contribution in [2.75, 3.05) is 5.32 Å². The number of nitrogens with two attached hydrogens (primary N) is 1. The summed E-state index contributed by atoms with van der Waals surface area (Å²) in [6.07, 6.45) is 1.62. The predicted molar refractivity (Wildman–Crippen MR) is 80.6 cm³/mol. The number of nitrogens with zero attached hydrogens (tertiary/aromatic N) is 2. The molecule has 0 spiro atoms. The van der Waals surface area contributed by atoms with Gasteiger partial charge >= 0.3 is 0 Å². The highest BCUT2D eigenvalue weighted by Crippen LogP contribution is 2.18. The van der Waals surface area contributed by atoms with Crippen LogP contribution in [0.25, 0.3) is 11.0 Å². The fourth-order valence-corrected chi connectivity index (χ4v) is 2.41. The molecule has 0 amide bonds. The number of hydrogen-bond donors (Lipinski definition) is 2. The van der Waals surface area contributed by atoms with Crippen LogP contribution in [-0.2, 0) is 10.0 Å². The molecular formula is C14H12N4O2S. The molecule has 6 nitrogen and oxygen atoms in total. The maximum atomic E-state index is 11.2. The Morgan fingerprint density at radius 1 is 0.952 bits per heavy atom. The zero-order chi connectivity index (χ0) is 14.9. The van der Waals surface area contributed by atoms with Gasteiger partial charge in [0.1, 0.15) is 5.82 Å². The lowest BCUT2D eigenvalue weighted by Crippen LogP contribution is -2.11. The molecule has 1 heterocycles. The van der Waals surface area contributed by atoms with E-state index in [0.717, 1.165) is 11.0 Å². The quantitative estimate of drug-likeness (QED) is 0.771. The van der Waals surface area contributed by atoms with Crippen molar-refractivity contribution in [3.63, 3.8) is 0 Å². The van der Waals surface area contributed by atoms with Crippen molar-refractivity contribution in [1.29, 1.82) is 0 Å². The largest absolute Gasteiger partial charge is 0.339 e. The van der Waals surface area contributed by atoms with Crippen LogP contribution < -0.4 is 10.5 Å². The topological polar surface area (TPSA) is 98.0 Å². The summed E-state index contributed by atoms with van der Waals surface area (Å²) in [6, 6.07) is 13.7. The zero-order valence-electron chi connectivity index (χ0n) is 10.9. The average Bonchev–Trinajstić information content (AvgIpc) is 2.47. The molecule has 0 fully saturated rings. The Kier molecular flexibility index (Phi) is 3.28. The molecular weight excluding hydrogens is 288 g/mol. The van der Waals surface area contributed by atoms with E-state index in [2.05, 4.69) is 15.3 Å². The van der Waals surface area contributed by atoms with Gasteiger partial charge in [-0.25, -0.2) is 18.5 Å². The van der Waals surface area contributed by atoms with Crippen LogP contribution in [0.5, 0.6) is 0 Å². The van der Waals surface area contributed by atoms with Gasteiger partial charge in [0.25, 0.3) is 0 Å². The molecule has 0 saturated carbocycles. The van der Waals surface area contributed by atoms with Crippen molar-refractivity contribution in [3.05, 3.63) is 54.7 Å². The second-order valence-electron chi connectivity index (χ2n) is 4.44. The normalized spacial score (nSPS) is 11.5. The highest BCUT2D eigenvalue weighted by Gasteiger charge is 2.07. The Morgan fingerprint density at radius 3 is 2.29 bits per heavy atom. The number of primary sulfonamides is 1. The van der Waals surface area contributed by atoms with Gasteiger partial charge in [-0.3, -0.25) is 4.98 Å². The number of nitrogens with one attached hydrogen (secondary N) is 1. The molecule has 7 heteroatoms. The number of benzene rings is 2. The van der Waals surface area contributed by atoms with Gasteiger partial charge in [-0.2, -0.15) is 0 Å². The number of aromatic nitrogens is 2. The first-order valence-corrected chi connectivity index (χ1v) is 7.69. The lowest BCUT2D eigenvalue weighted by Gasteiger charge is -2.06. The van der Waals surface area contributed by atoms with Crippen LogP contribution in [-0.4, -0.2) is 18.4 Å². The van der Waals surface area contributed by atoms with Gasteiger partial charge in [0.15, 0.2) is 0 Å². The molecule has 21 heavy (non-hydrogen) atoms. The van der Waals surface area contributed by atoms with Gasteiger partial charge in [-0.05, 0) is 36.4 Å². The SMILES string of the molecule is NS(=O)(=O)c1ccc(Nc2cnc3ccccc3n2)cc1. The Morgan fingerprint density at radius 2 is 1.62 bits per heavy atom. The third kappa shape index (κ3) is 2.99. The van der Waals surface area contributed by atoms with E-state index >= 15 is 0 Å². The Balaban J connectivity index is 1.88. The highest BCUT2D eigenvalue weighted by molar-refractivity contribution is 7.89. The van der Waals surface area contributed by atoms with Gasteiger partial charge in [-0.15, -0.1) is 0 Å². The van der Waals surface area contributed by atoms with Crippen LogP contribution >= 0.6 is 0 Å². The summed E-state index contributed by atoms with van der Waals surface area (Å²) in [7, 11) is -3.68. The average molecular weight is 300 g/mol. The van der Waals surface area contributed by atoms with Crippen LogP contribution in [0, 0.1) is 0 Å². The first kappa shape index (κ1) is 13.5. The number of sulfonamides is 1. The van der Waals surface area contributed by atoms with E-state index in [-0.39, 0.29) is 4.90 Å². The molecule has 0 saturated heterocycles. The summed E-state index contributed by atoms with van der Waals surface area (Å²) in [4.78, 5) is 8.79. The van der Waals surface area contributed by atoms with Crippen molar-refractivity contribution in [1.82, 2.24) is 9.97 Å². The van der Waals surface area contributed by atoms with Crippen molar-refractivity contribution in [3.8, 4) is 0 Å². The molecule has 2 aromatic carbocycles. The molecule has 0 radical (unpaired) electrons. The third-order valence-electron chi connectivity index (χ3n) is 2.90. The molecule has 0 bridgehead atoms. The molecule has 106 valence electrons. The van der Waals surface area contributed by atoms with E-state index in [1.807, 2.05) is 24.3 Å². The maximum Gasteiger partial charge on any atom is 0.238 e. The molecule has 3 N–H and O–H groups in total. The van der Waals surface area contributed by atoms with E-state index < -0.39 is 10.0 Å². The van der Waals surface area contributed by atoms with Crippen molar-refractivity contribution in [2.45, 2.75) is 4.90 Å². The minimum absolute atomic E-state index is 0.0673. The summed E-state index contributed by atoms with van der Waals surface area (Å²) < 4.78 is 22.4. The van der Waals surface area contributed by atoms with Crippen LogP contribution in [0.15, 0.2) is 59.6 Å². The molecule has 0 aliphatic carbocycles. The fraction of sp³-hybridized carbons (Fsp3) is 0. The predicted octanol–water partition coefficient (Wildman–Crippen LogP) is 2.02. The van der Waals surface area contributed by atoms with E-state index in [1.54, 1.807) is 18.3 Å². The fourth-order valence-electron chi connectivity index (χ4n) is 1.89. The monoisotopic (exact) mass is 300 g/mol. The van der Waals surface area contributed by atoms with E-state index in [1.165, 1.54) is 12.1 Å². The summed E-state index contributed by atoms with van der Waals surface area (Å²) in [5, 5.41) is 8.12. The van der Waals surface area contributed by atoms with Gasteiger partial charge < -0.3 is 5.32 Å². The minimum Gasteiger partial charge on any atom is -0.339 e. The van der Waals surface area contributed by atoms with E-state index in [9.17, 15) is 8.42 Å². The van der Waals surface area contributed by atoms with Crippen LogP contribution in [0.4, 0.5) is 11.5 Å². The van der Waals surface area contributed by atoms with Crippen molar-refractivity contribution in [2.24, 2.45) is 5.14 Å². The first-order chi connectivity index (χ1) is 10.0. The second-order valence-corrected chi connectivity index (χ2v) is 6.00. The first-order valence-electron chi connectivity index (χ1n) is 6.14. The molecule has 0 aliphatic heterocycles. The second kappa shape index (κ2) is 5.12. The third-order valence-corrected chi connectivity index (χ3v) is 3.83. The highest BCUT2D eigenvalue weighted by atomic mass is 32.2. The molecule has 0 unspecified atom stereocenters. The maximum absolute atomic E-state index is 11.2. The van der Waals surface area contributed by atoms with Crippen molar-refractivity contribution >= 4 is 32.6 Å². The molecule has 0 atom stereocenters. The Labute approximate surface area is 121 Å². The smallest absolute Gasteiger partial charge is 0.238 e. The number of para-hydroxylation sites is 2. The van der Waals surface area contributed by atoms with E-state index in [0.29, 0.717) is 11.5 Å². The van der Waals surface area contributed by atoms with Gasteiger partial charge in [0, 0.05) is 5.69 Å². The lowest BCUT2D eigenvalue weighted by atomic mass is 10.3. The molecule has 1 aromatic heterocycles. The van der Waals surface area contributed by atoms with Crippen LogP contribution in [0.3, 0.4) is 0 Å². The Hall–Kier alpha value is -2.51. The minimum atomic E-state index is -3.68. The standard InChI is InChI=1S/C14H12N4O2S/c15-21(19,20)11-7-5-10(6-8-11)17-14-9-16-12-3-1-2-4-13(12)18-14/h1-9H,(H,17,18)(H2,15,19,20). The van der Waals surface area contributed by atoms with E-state index in [4.69, 9.17) is 5.14 Å². The van der Waals surface area contributed by atoms with Gasteiger partial charge in [0.05, 0.1) is 22.1 Å². The van der Waals surface area contributed by atoms with Gasteiger partial charge in [-0.1, -0.05) is 12.1 Å². The van der Waals surface area contributed by atoms with Crippen molar-refractivity contribution < 1.29 is 8.42 Å². The molecule has 3 rings (SSSR count). The number of hydrogen-bond acceptors (Lipinski definition) is 5.